The van der Waals surface area contributed by atoms with Gasteiger partial charge in [-0.05, 0) is 47.0 Å². The van der Waals surface area contributed by atoms with Crippen molar-refractivity contribution in [3.8, 4) is 0 Å². The Morgan fingerprint density at radius 3 is 3.06 bits per heavy atom. The molecule has 0 saturated carbocycles. The minimum Gasteiger partial charge on any atom is -0.501 e. The highest BCUT2D eigenvalue weighted by Gasteiger charge is 2.19. The van der Waals surface area contributed by atoms with E-state index >= 15 is 0 Å². The molecule has 2 heterocycles. The van der Waals surface area contributed by atoms with E-state index in [1.165, 1.54) is 10.5 Å². The van der Waals surface area contributed by atoms with E-state index in [2.05, 4.69) is 39.6 Å². The zero-order chi connectivity index (χ0) is 11.4. The second-order valence-electron chi connectivity index (χ2n) is 3.83. The first-order valence-electron chi connectivity index (χ1n) is 5.59. The number of ether oxygens (including phenoxy) is 1. The maximum atomic E-state index is 5.43. The van der Waals surface area contributed by atoms with Crippen LogP contribution in [0.4, 0.5) is 0 Å². The smallest absolute Gasteiger partial charge is 0.0876 e. The van der Waals surface area contributed by atoms with E-state index in [4.69, 9.17) is 4.74 Å². The van der Waals surface area contributed by atoms with Crippen molar-refractivity contribution in [2.24, 2.45) is 0 Å². The molecule has 0 bridgehead atoms. The van der Waals surface area contributed by atoms with Gasteiger partial charge in [-0.25, -0.2) is 0 Å². The molecule has 1 N–H and O–H groups in total. The third-order valence-electron chi connectivity index (χ3n) is 2.61. The van der Waals surface area contributed by atoms with Crippen molar-refractivity contribution < 1.29 is 4.74 Å². The van der Waals surface area contributed by atoms with E-state index in [1.807, 2.05) is 6.26 Å². The highest BCUT2D eigenvalue weighted by Crippen LogP contribution is 2.33. The molecule has 0 fully saturated rings. The van der Waals surface area contributed by atoms with Crippen LogP contribution in [0.3, 0.4) is 0 Å². The monoisotopic (exact) mass is 301 g/mol. The fourth-order valence-corrected chi connectivity index (χ4v) is 3.46. The van der Waals surface area contributed by atoms with E-state index in [9.17, 15) is 0 Å². The third-order valence-corrected chi connectivity index (χ3v) is 4.37. The number of thiophene rings is 1. The lowest BCUT2D eigenvalue weighted by molar-refractivity contribution is 0.219. The van der Waals surface area contributed by atoms with Crippen LogP contribution in [-0.4, -0.2) is 13.2 Å². The van der Waals surface area contributed by atoms with Crippen LogP contribution in [0.25, 0.3) is 0 Å². The third kappa shape index (κ3) is 2.87. The molecular formula is C12H16BrNOS. The molecule has 4 heteroatoms. The molecule has 2 rings (SSSR count). The molecule has 16 heavy (non-hydrogen) atoms. The van der Waals surface area contributed by atoms with Gasteiger partial charge < -0.3 is 10.1 Å². The standard InChI is InChI=1S/C12H16BrNOS/c1-2-14-12(9-4-3-5-15-7-9)11-6-10(13)8-16-11/h6-8,12,14H,2-5H2,1H3. The second-order valence-corrected chi connectivity index (χ2v) is 5.68. The van der Waals surface area contributed by atoms with Gasteiger partial charge in [0.05, 0.1) is 18.9 Å². The van der Waals surface area contributed by atoms with Crippen LogP contribution in [0, 0.1) is 0 Å². The molecule has 0 saturated heterocycles. The van der Waals surface area contributed by atoms with Crippen LogP contribution in [-0.2, 0) is 4.74 Å². The van der Waals surface area contributed by atoms with Gasteiger partial charge in [-0.15, -0.1) is 11.3 Å². The molecule has 1 atom stereocenters. The van der Waals surface area contributed by atoms with Crippen LogP contribution in [0.5, 0.6) is 0 Å². The lowest BCUT2D eigenvalue weighted by Crippen LogP contribution is -2.23. The molecule has 0 aliphatic carbocycles. The fraction of sp³-hybridized carbons (Fsp3) is 0.500. The fourth-order valence-electron chi connectivity index (χ4n) is 1.90. The predicted molar refractivity (Wildman–Crippen MR) is 71.7 cm³/mol. The van der Waals surface area contributed by atoms with Gasteiger partial charge in [-0.3, -0.25) is 0 Å². The highest BCUT2D eigenvalue weighted by molar-refractivity contribution is 9.10. The molecule has 1 aromatic heterocycles. The Bertz CT molecular complexity index is 375. The molecule has 1 unspecified atom stereocenters. The summed E-state index contributed by atoms with van der Waals surface area (Å²) in [5, 5.41) is 5.65. The Labute approximate surface area is 109 Å². The Morgan fingerprint density at radius 1 is 1.62 bits per heavy atom. The average Bonchev–Trinajstić information content (AvgIpc) is 2.74. The van der Waals surface area contributed by atoms with Crippen molar-refractivity contribution >= 4 is 27.3 Å². The highest BCUT2D eigenvalue weighted by atomic mass is 79.9. The summed E-state index contributed by atoms with van der Waals surface area (Å²) in [7, 11) is 0. The molecule has 1 aliphatic heterocycles. The minimum atomic E-state index is 0.321. The number of halogens is 1. The van der Waals surface area contributed by atoms with E-state index < -0.39 is 0 Å². The van der Waals surface area contributed by atoms with Crippen molar-refractivity contribution in [2.45, 2.75) is 25.8 Å². The average molecular weight is 302 g/mol. The van der Waals surface area contributed by atoms with Crippen LogP contribution >= 0.6 is 27.3 Å². The zero-order valence-corrected chi connectivity index (χ0v) is 11.7. The van der Waals surface area contributed by atoms with E-state index in [0.717, 1.165) is 30.5 Å². The topological polar surface area (TPSA) is 21.3 Å². The first-order chi connectivity index (χ1) is 7.81. The first kappa shape index (κ1) is 12.1. The van der Waals surface area contributed by atoms with E-state index in [0.29, 0.717) is 6.04 Å². The Hall–Kier alpha value is -0.320. The van der Waals surface area contributed by atoms with Gasteiger partial charge in [0, 0.05) is 14.7 Å². The van der Waals surface area contributed by atoms with Gasteiger partial charge in [0.1, 0.15) is 0 Å². The van der Waals surface area contributed by atoms with Crippen molar-refractivity contribution in [1.82, 2.24) is 5.32 Å². The molecular weight excluding hydrogens is 286 g/mol. The maximum Gasteiger partial charge on any atom is 0.0876 e. The molecule has 88 valence electrons. The Kier molecular flexibility index (Phi) is 4.44. The Balaban J connectivity index is 2.19. The number of hydrogen-bond acceptors (Lipinski definition) is 3. The van der Waals surface area contributed by atoms with Gasteiger partial charge >= 0.3 is 0 Å². The summed E-state index contributed by atoms with van der Waals surface area (Å²) in [6.07, 6.45) is 4.19. The van der Waals surface area contributed by atoms with E-state index in [1.54, 1.807) is 11.3 Å². The van der Waals surface area contributed by atoms with E-state index in [-0.39, 0.29) is 0 Å². The summed E-state index contributed by atoms with van der Waals surface area (Å²) in [4.78, 5) is 1.35. The number of hydrogen-bond donors (Lipinski definition) is 1. The molecule has 0 radical (unpaired) electrons. The summed E-state index contributed by atoms with van der Waals surface area (Å²) < 4.78 is 6.59. The first-order valence-corrected chi connectivity index (χ1v) is 7.26. The summed E-state index contributed by atoms with van der Waals surface area (Å²) in [6.45, 7) is 3.97. The summed E-state index contributed by atoms with van der Waals surface area (Å²) in [5.74, 6) is 0. The van der Waals surface area contributed by atoms with Crippen LogP contribution in [0.1, 0.15) is 30.7 Å². The van der Waals surface area contributed by atoms with Crippen molar-refractivity contribution in [3.05, 3.63) is 32.6 Å². The van der Waals surface area contributed by atoms with Crippen LogP contribution < -0.4 is 5.32 Å². The molecule has 1 aliphatic rings. The van der Waals surface area contributed by atoms with Crippen LogP contribution in [0.2, 0.25) is 0 Å². The summed E-state index contributed by atoms with van der Waals surface area (Å²) >= 11 is 5.29. The van der Waals surface area contributed by atoms with Gasteiger partial charge in [0.2, 0.25) is 0 Å². The largest absolute Gasteiger partial charge is 0.501 e. The summed E-state index contributed by atoms with van der Waals surface area (Å²) in [6, 6.07) is 2.51. The van der Waals surface area contributed by atoms with Crippen molar-refractivity contribution in [1.29, 1.82) is 0 Å². The molecule has 2 nitrogen and oxygen atoms in total. The van der Waals surface area contributed by atoms with Crippen molar-refractivity contribution in [3.63, 3.8) is 0 Å². The minimum absolute atomic E-state index is 0.321. The molecule has 1 aromatic rings. The lowest BCUT2D eigenvalue weighted by Gasteiger charge is -2.23. The number of nitrogens with one attached hydrogen (secondary N) is 1. The molecule has 0 aromatic carbocycles. The van der Waals surface area contributed by atoms with Gasteiger partial charge in [-0.2, -0.15) is 0 Å². The number of rotatable bonds is 4. The van der Waals surface area contributed by atoms with Crippen LogP contribution in [0.15, 0.2) is 27.8 Å². The van der Waals surface area contributed by atoms with Gasteiger partial charge in [-0.1, -0.05) is 6.92 Å². The summed E-state index contributed by atoms with van der Waals surface area (Å²) in [5.41, 5.74) is 1.36. The second kappa shape index (κ2) is 5.84. The molecule has 0 spiro atoms. The Morgan fingerprint density at radius 2 is 2.50 bits per heavy atom. The number of likely N-dealkylation sites (N-methyl/N-ethyl adjacent to an activating group) is 1. The lowest BCUT2D eigenvalue weighted by atomic mass is 10.0. The predicted octanol–water partition coefficient (Wildman–Crippen LogP) is 3.86. The quantitative estimate of drug-likeness (QED) is 0.912. The van der Waals surface area contributed by atoms with Gasteiger partial charge in [0.15, 0.2) is 0 Å². The van der Waals surface area contributed by atoms with Gasteiger partial charge in [0.25, 0.3) is 0 Å². The zero-order valence-electron chi connectivity index (χ0n) is 9.33. The van der Waals surface area contributed by atoms with Crippen molar-refractivity contribution in [2.75, 3.05) is 13.2 Å². The SMILES string of the molecule is CCNC(C1=COCCC1)c1cc(Br)cs1. The maximum absolute atomic E-state index is 5.43. The normalized spacial score (nSPS) is 17.8. The molecule has 0 amide bonds.